The first-order chi connectivity index (χ1) is 11.3. The van der Waals surface area contributed by atoms with Crippen LogP contribution in [0.15, 0.2) is 0 Å². The van der Waals surface area contributed by atoms with E-state index in [0.717, 1.165) is 13.1 Å². The maximum absolute atomic E-state index is 12.3. The van der Waals surface area contributed by atoms with Crippen molar-refractivity contribution in [3.8, 4) is 0 Å². The number of morpholine rings is 1. The van der Waals surface area contributed by atoms with Gasteiger partial charge >= 0.3 is 0 Å². The minimum atomic E-state index is -0.426. The molecule has 0 bridgehead atoms. The molecular weight excluding hydrogens is 312 g/mol. The van der Waals surface area contributed by atoms with Crippen molar-refractivity contribution in [3.63, 3.8) is 0 Å². The molecule has 0 spiro atoms. The summed E-state index contributed by atoms with van der Waals surface area (Å²) in [7, 11) is 1.64. The molecule has 3 saturated heterocycles. The number of hydrogen-bond donors (Lipinski definition) is 1. The van der Waals surface area contributed by atoms with E-state index in [2.05, 4.69) is 10.2 Å². The van der Waals surface area contributed by atoms with E-state index in [-0.39, 0.29) is 42.5 Å². The second-order valence-corrected chi connectivity index (χ2v) is 7.21. The third-order valence-electron chi connectivity index (χ3n) is 4.88. The fourth-order valence-electron chi connectivity index (χ4n) is 3.97. The van der Waals surface area contributed by atoms with Crippen LogP contribution in [-0.4, -0.2) is 96.5 Å². The molecule has 3 rings (SSSR count). The predicted molar refractivity (Wildman–Crippen MR) is 86.1 cm³/mol. The molecule has 3 aliphatic rings. The largest absolute Gasteiger partial charge is 0.373 e. The lowest BCUT2D eigenvalue weighted by atomic mass is 10.1. The van der Waals surface area contributed by atoms with Gasteiger partial charge in [-0.25, -0.2) is 0 Å². The summed E-state index contributed by atoms with van der Waals surface area (Å²) < 4.78 is 5.67. The molecule has 8 nitrogen and oxygen atoms in total. The Morgan fingerprint density at radius 2 is 1.88 bits per heavy atom. The zero-order valence-corrected chi connectivity index (χ0v) is 14.5. The molecule has 4 atom stereocenters. The Labute approximate surface area is 142 Å². The van der Waals surface area contributed by atoms with Gasteiger partial charge in [-0.2, -0.15) is 0 Å². The number of nitrogens with zero attached hydrogens (tertiary/aromatic N) is 3. The molecule has 3 heterocycles. The van der Waals surface area contributed by atoms with E-state index in [1.165, 1.54) is 4.90 Å². The molecule has 134 valence electrons. The number of amides is 3. The summed E-state index contributed by atoms with van der Waals surface area (Å²) in [5.74, 6) is -0.147. The topological polar surface area (TPSA) is 82.2 Å². The fourth-order valence-corrected chi connectivity index (χ4v) is 3.97. The van der Waals surface area contributed by atoms with Crippen LogP contribution in [0.25, 0.3) is 0 Å². The van der Waals surface area contributed by atoms with Crippen molar-refractivity contribution in [1.82, 2.24) is 20.0 Å². The third-order valence-corrected chi connectivity index (χ3v) is 4.88. The molecule has 0 unspecified atom stereocenters. The van der Waals surface area contributed by atoms with Gasteiger partial charge in [0.15, 0.2) is 0 Å². The van der Waals surface area contributed by atoms with Crippen molar-refractivity contribution >= 4 is 17.7 Å². The molecule has 0 aliphatic carbocycles. The highest BCUT2D eigenvalue weighted by Gasteiger charge is 2.45. The Kier molecular flexibility index (Phi) is 4.78. The molecular formula is C16H26N4O4. The second kappa shape index (κ2) is 6.68. The first-order valence-corrected chi connectivity index (χ1v) is 8.55. The molecule has 0 radical (unpaired) electrons. The van der Waals surface area contributed by atoms with Crippen molar-refractivity contribution in [1.29, 1.82) is 0 Å². The number of nitrogens with one attached hydrogen (secondary N) is 1. The van der Waals surface area contributed by atoms with E-state index < -0.39 is 6.04 Å². The molecule has 8 heteroatoms. The van der Waals surface area contributed by atoms with Crippen molar-refractivity contribution in [2.24, 2.45) is 0 Å². The Morgan fingerprint density at radius 1 is 1.21 bits per heavy atom. The lowest BCUT2D eigenvalue weighted by Gasteiger charge is -2.35. The maximum atomic E-state index is 12.3. The monoisotopic (exact) mass is 338 g/mol. The van der Waals surface area contributed by atoms with E-state index in [0.29, 0.717) is 19.5 Å². The van der Waals surface area contributed by atoms with Gasteiger partial charge in [-0.15, -0.1) is 0 Å². The minimum Gasteiger partial charge on any atom is -0.373 e. The molecule has 3 aliphatic heterocycles. The Bertz CT molecular complexity index is 530. The standard InChI is InChI=1S/C16H26N4O4/c1-10-5-19(6-11(2)24-10)8-14(21)17-12-4-13-16(23)18(3)9-15(22)20(13)7-12/h10-13H,4-9H2,1-3H3,(H,17,21)/t10-,11+,12-,13+/m1/s1. The number of carbonyl (C=O) groups excluding carboxylic acids is 3. The minimum absolute atomic E-state index is 0.0397. The summed E-state index contributed by atoms with van der Waals surface area (Å²) in [6, 6.07) is -0.581. The van der Waals surface area contributed by atoms with E-state index >= 15 is 0 Å². The second-order valence-electron chi connectivity index (χ2n) is 7.21. The molecule has 0 aromatic rings. The van der Waals surface area contributed by atoms with Crippen molar-refractivity contribution in [2.45, 2.75) is 44.6 Å². The number of hydrogen-bond acceptors (Lipinski definition) is 5. The van der Waals surface area contributed by atoms with Gasteiger partial charge in [-0.3, -0.25) is 19.3 Å². The summed E-state index contributed by atoms with van der Waals surface area (Å²) in [6.07, 6.45) is 0.733. The highest BCUT2D eigenvalue weighted by molar-refractivity contribution is 5.95. The predicted octanol–water partition coefficient (Wildman–Crippen LogP) is -1.35. The van der Waals surface area contributed by atoms with Crippen molar-refractivity contribution in [2.75, 3.05) is 39.8 Å². The van der Waals surface area contributed by atoms with Crippen LogP contribution in [-0.2, 0) is 19.1 Å². The summed E-state index contributed by atoms with van der Waals surface area (Å²) in [6.45, 7) is 6.34. The molecule has 3 amide bonds. The third kappa shape index (κ3) is 3.54. The summed E-state index contributed by atoms with van der Waals surface area (Å²) >= 11 is 0. The molecule has 24 heavy (non-hydrogen) atoms. The summed E-state index contributed by atoms with van der Waals surface area (Å²) in [5.41, 5.74) is 0. The van der Waals surface area contributed by atoms with E-state index in [9.17, 15) is 14.4 Å². The lowest BCUT2D eigenvalue weighted by molar-refractivity contribution is -0.152. The van der Waals surface area contributed by atoms with E-state index in [1.54, 1.807) is 11.9 Å². The lowest BCUT2D eigenvalue weighted by Crippen LogP contribution is -2.56. The number of piperazine rings is 1. The molecule has 0 aromatic heterocycles. The zero-order chi connectivity index (χ0) is 17.4. The van der Waals surface area contributed by atoms with Crippen LogP contribution in [0.5, 0.6) is 0 Å². The number of ether oxygens (including phenoxy) is 1. The molecule has 1 N–H and O–H groups in total. The highest BCUT2D eigenvalue weighted by Crippen LogP contribution is 2.23. The van der Waals surface area contributed by atoms with Crippen molar-refractivity contribution < 1.29 is 19.1 Å². The van der Waals surface area contributed by atoms with Crippen LogP contribution >= 0.6 is 0 Å². The number of fused-ring (bicyclic) bond motifs is 1. The summed E-state index contributed by atoms with van der Waals surface area (Å²) in [5, 5.41) is 2.98. The van der Waals surface area contributed by atoms with Gasteiger partial charge in [0.05, 0.1) is 25.3 Å². The Morgan fingerprint density at radius 3 is 2.54 bits per heavy atom. The number of likely N-dealkylation sites (N-methyl/N-ethyl adjacent to an activating group) is 1. The first-order valence-electron chi connectivity index (χ1n) is 8.55. The number of carbonyl (C=O) groups is 3. The van der Waals surface area contributed by atoms with Gasteiger partial charge in [0.2, 0.25) is 17.7 Å². The maximum Gasteiger partial charge on any atom is 0.245 e. The normalized spacial score (nSPS) is 34.5. The van der Waals surface area contributed by atoms with Crippen LogP contribution in [0.1, 0.15) is 20.3 Å². The zero-order valence-electron chi connectivity index (χ0n) is 14.5. The SMILES string of the molecule is C[C@@H]1CN(CC(=O)N[C@@H]2C[C@H]3C(=O)N(C)CC(=O)N3C2)C[C@H](C)O1. The summed E-state index contributed by atoms with van der Waals surface area (Å²) in [4.78, 5) is 41.7. The smallest absolute Gasteiger partial charge is 0.245 e. The van der Waals surface area contributed by atoms with Crippen LogP contribution in [0.3, 0.4) is 0 Å². The van der Waals surface area contributed by atoms with Crippen molar-refractivity contribution in [3.05, 3.63) is 0 Å². The van der Waals surface area contributed by atoms with Gasteiger partial charge in [-0.05, 0) is 20.3 Å². The van der Waals surface area contributed by atoms with Crippen LogP contribution < -0.4 is 5.32 Å². The molecule has 3 fully saturated rings. The fraction of sp³-hybridized carbons (Fsp3) is 0.812. The molecule has 0 aromatic carbocycles. The average Bonchev–Trinajstić information content (AvgIpc) is 2.88. The number of rotatable bonds is 3. The molecule has 0 saturated carbocycles. The van der Waals surface area contributed by atoms with Crippen LogP contribution in [0, 0.1) is 0 Å². The highest BCUT2D eigenvalue weighted by atomic mass is 16.5. The first kappa shape index (κ1) is 17.2. The van der Waals surface area contributed by atoms with Gasteiger partial charge in [-0.1, -0.05) is 0 Å². The van der Waals surface area contributed by atoms with Crippen LogP contribution in [0.4, 0.5) is 0 Å². The quantitative estimate of drug-likeness (QED) is 0.688. The van der Waals surface area contributed by atoms with Gasteiger partial charge in [0.1, 0.15) is 6.04 Å². The van der Waals surface area contributed by atoms with E-state index in [1.807, 2.05) is 13.8 Å². The van der Waals surface area contributed by atoms with Gasteiger partial charge in [0, 0.05) is 32.7 Å². The Balaban J connectivity index is 1.52. The average molecular weight is 338 g/mol. The van der Waals surface area contributed by atoms with Crippen LogP contribution in [0.2, 0.25) is 0 Å². The Hall–Kier alpha value is -1.67. The van der Waals surface area contributed by atoms with Gasteiger partial charge < -0.3 is 19.9 Å². The van der Waals surface area contributed by atoms with E-state index in [4.69, 9.17) is 4.74 Å². The van der Waals surface area contributed by atoms with Gasteiger partial charge in [0.25, 0.3) is 0 Å².